The summed E-state index contributed by atoms with van der Waals surface area (Å²) in [5.41, 5.74) is 2.60. The van der Waals surface area contributed by atoms with Gasteiger partial charge >= 0.3 is 6.03 Å². The molecule has 4 N–H and O–H groups in total. The fourth-order valence-electron chi connectivity index (χ4n) is 3.83. The zero-order valence-corrected chi connectivity index (χ0v) is 19.3. The summed E-state index contributed by atoms with van der Waals surface area (Å²) < 4.78 is 0. The average molecular weight is 476 g/mol. The van der Waals surface area contributed by atoms with Gasteiger partial charge in [0, 0.05) is 35.1 Å². The highest BCUT2D eigenvalue weighted by atomic mass is 35.5. The van der Waals surface area contributed by atoms with Gasteiger partial charge in [-0.1, -0.05) is 41.9 Å². The maximum atomic E-state index is 13.2. The molecule has 1 fully saturated rings. The van der Waals surface area contributed by atoms with E-state index in [0.29, 0.717) is 27.8 Å². The van der Waals surface area contributed by atoms with Crippen LogP contribution in [-0.4, -0.2) is 35.8 Å². The van der Waals surface area contributed by atoms with E-state index in [0.717, 1.165) is 31.5 Å². The van der Waals surface area contributed by atoms with Crippen molar-refractivity contribution < 1.29 is 9.59 Å². The number of halogens is 1. The smallest absolute Gasteiger partial charge is 0.320 e. The largest absolute Gasteiger partial charge is 0.357 e. The first-order chi connectivity index (χ1) is 16.5. The van der Waals surface area contributed by atoms with E-state index in [9.17, 15) is 9.59 Å². The third-order valence-electron chi connectivity index (χ3n) is 5.62. The number of carbonyl (C=O) groups is 2. The minimum Gasteiger partial charge on any atom is -0.357 e. The molecule has 0 bridgehead atoms. The Kier molecular flexibility index (Phi) is 7.44. The highest BCUT2D eigenvalue weighted by molar-refractivity contribution is 6.30. The average Bonchev–Trinajstić information content (AvgIpc) is 3.40. The van der Waals surface area contributed by atoms with E-state index in [1.807, 2.05) is 30.3 Å². The molecular formula is C26H26ClN5O2. The third kappa shape index (κ3) is 5.94. The minimum atomic E-state index is -0.906. The Morgan fingerprint density at radius 3 is 2.06 bits per heavy atom. The molecule has 1 atom stereocenters. The molecule has 8 heteroatoms. The highest BCUT2D eigenvalue weighted by Crippen LogP contribution is 2.19. The molecule has 174 valence electrons. The van der Waals surface area contributed by atoms with Gasteiger partial charge in [-0.05, 0) is 66.9 Å². The summed E-state index contributed by atoms with van der Waals surface area (Å²) in [6, 6.07) is 21.5. The number of hydrogen-bond donors (Lipinski definition) is 4. The van der Waals surface area contributed by atoms with Crippen LogP contribution in [0.5, 0.6) is 0 Å². The van der Waals surface area contributed by atoms with Crippen LogP contribution in [0.3, 0.4) is 0 Å². The molecule has 0 aromatic heterocycles. The van der Waals surface area contributed by atoms with Crippen LogP contribution in [0.15, 0.2) is 78.9 Å². The Balaban J connectivity index is 1.44. The van der Waals surface area contributed by atoms with Crippen LogP contribution in [0, 0.1) is 5.41 Å². The lowest BCUT2D eigenvalue weighted by Gasteiger charge is -2.20. The van der Waals surface area contributed by atoms with Crippen LogP contribution in [-0.2, 0) is 4.79 Å². The Hall–Kier alpha value is -3.84. The number of likely N-dealkylation sites (tertiary alicyclic amines) is 1. The van der Waals surface area contributed by atoms with Gasteiger partial charge in [-0.2, -0.15) is 0 Å². The number of benzene rings is 3. The first kappa shape index (κ1) is 23.3. The molecular weight excluding hydrogens is 450 g/mol. The quantitative estimate of drug-likeness (QED) is 0.289. The Labute approximate surface area is 203 Å². The Morgan fingerprint density at radius 1 is 0.824 bits per heavy atom. The van der Waals surface area contributed by atoms with Crippen LogP contribution in [0.25, 0.3) is 0 Å². The molecule has 1 saturated heterocycles. The number of nitrogens with one attached hydrogen (secondary N) is 4. The van der Waals surface area contributed by atoms with E-state index in [1.165, 1.54) is 0 Å². The number of nitrogens with zero attached hydrogens (tertiary/aromatic N) is 1. The molecule has 0 radical (unpaired) electrons. The van der Waals surface area contributed by atoms with Crippen molar-refractivity contribution in [3.63, 3.8) is 0 Å². The third-order valence-corrected chi connectivity index (χ3v) is 5.87. The summed E-state index contributed by atoms with van der Waals surface area (Å²) in [5, 5.41) is 17.3. The van der Waals surface area contributed by atoms with Crippen molar-refractivity contribution in [3.8, 4) is 0 Å². The topological polar surface area (TPSA) is 97.3 Å². The number of rotatable bonds is 6. The lowest BCUT2D eigenvalue weighted by atomic mass is 10.1. The van der Waals surface area contributed by atoms with Crippen molar-refractivity contribution >= 4 is 40.7 Å². The molecule has 1 aliphatic heterocycles. The number of urea groups is 1. The van der Waals surface area contributed by atoms with Gasteiger partial charge in [-0.15, -0.1) is 0 Å². The molecule has 34 heavy (non-hydrogen) atoms. The van der Waals surface area contributed by atoms with Crippen molar-refractivity contribution in [2.24, 2.45) is 0 Å². The zero-order valence-electron chi connectivity index (χ0n) is 18.6. The molecule has 7 nitrogen and oxygen atoms in total. The maximum Gasteiger partial charge on any atom is 0.320 e. The second kappa shape index (κ2) is 10.9. The fraction of sp³-hybridized carbons (Fsp3) is 0.192. The van der Waals surface area contributed by atoms with E-state index in [4.69, 9.17) is 17.0 Å². The number of hydrogen-bond acceptors (Lipinski definition) is 3. The van der Waals surface area contributed by atoms with Crippen LogP contribution in [0.2, 0.25) is 5.02 Å². The molecule has 0 spiro atoms. The molecule has 0 saturated carbocycles. The zero-order chi connectivity index (χ0) is 23.9. The molecule has 1 heterocycles. The second-order valence-corrected chi connectivity index (χ2v) is 8.49. The van der Waals surface area contributed by atoms with Crippen molar-refractivity contribution in [3.05, 3.63) is 95.0 Å². The molecule has 1 aliphatic rings. The predicted molar refractivity (Wildman–Crippen MR) is 135 cm³/mol. The van der Waals surface area contributed by atoms with E-state index < -0.39 is 12.1 Å². The number of amidine groups is 1. The first-order valence-corrected chi connectivity index (χ1v) is 11.5. The van der Waals surface area contributed by atoms with Crippen LogP contribution >= 0.6 is 11.6 Å². The van der Waals surface area contributed by atoms with Crippen molar-refractivity contribution in [2.45, 2.75) is 18.9 Å². The van der Waals surface area contributed by atoms with Gasteiger partial charge in [0.1, 0.15) is 11.9 Å². The SMILES string of the molecule is N=C(c1ccc(NC(=O)C(NC(=O)Nc2ccc(Cl)cc2)c2ccccc2)cc1)N1CCCC1. The Bertz CT molecular complexity index is 1140. The lowest BCUT2D eigenvalue weighted by molar-refractivity contribution is -0.118. The first-order valence-electron chi connectivity index (χ1n) is 11.1. The van der Waals surface area contributed by atoms with Gasteiger partial charge in [0.25, 0.3) is 5.91 Å². The summed E-state index contributed by atoms with van der Waals surface area (Å²) in [7, 11) is 0. The van der Waals surface area contributed by atoms with Crippen LogP contribution in [0.1, 0.15) is 30.0 Å². The van der Waals surface area contributed by atoms with E-state index in [1.54, 1.807) is 48.5 Å². The van der Waals surface area contributed by atoms with Gasteiger partial charge in [-0.25, -0.2) is 4.79 Å². The van der Waals surface area contributed by atoms with Gasteiger partial charge in [-0.3, -0.25) is 10.2 Å². The molecule has 3 aromatic carbocycles. The molecule has 3 amide bonds. The summed E-state index contributed by atoms with van der Waals surface area (Å²) in [6.45, 7) is 1.81. The highest BCUT2D eigenvalue weighted by Gasteiger charge is 2.23. The molecule has 0 aliphatic carbocycles. The lowest BCUT2D eigenvalue weighted by Crippen LogP contribution is -2.39. The molecule has 3 aromatic rings. The maximum absolute atomic E-state index is 13.2. The summed E-state index contributed by atoms with van der Waals surface area (Å²) in [5.74, 6) is 0.123. The van der Waals surface area contributed by atoms with Gasteiger partial charge in [0.15, 0.2) is 0 Å². The van der Waals surface area contributed by atoms with E-state index >= 15 is 0 Å². The standard InChI is InChI=1S/C26H26ClN5O2/c27-20-10-14-22(15-11-20)30-26(34)31-23(18-6-2-1-3-7-18)25(33)29-21-12-8-19(9-13-21)24(28)32-16-4-5-17-32/h1-3,6-15,23,28H,4-5,16-17H2,(H,29,33)(H2,30,31,34). The monoisotopic (exact) mass is 475 g/mol. The van der Waals surface area contributed by atoms with Gasteiger partial charge < -0.3 is 20.9 Å². The van der Waals surface area contributed by atoms with Crippen molar-refractivity contribution in [1.82, 2.24) is 10.2 Å². The number of carbonyl (C=O) groups excluding carboxylic acids is 2. The number of anilines is 2. The molecule has 4 rings (SSSR count). The summed E-state index contributed by atoms with van der Waals surface area (Å²) in [4.78, 5) is 27.8. The summed E-state index contributed by atoms with van der Waals surface area (Å²) >= 11 is 5.90. The number of amides is 3. The van der Waals surface area contributed by atoms with Crippen LogP contribution in [0.4, 0.5) is 16.2 Å². The fourth-order valence-corrected chi connectivity index (χ4v) is 3.95. The van der Waals surface area contributed by atoms with Crippen LogP contribution < -0.4 is 16.0 Å². The normalized spacial score (nSPS) is 13.7. The predicted octanol–water partition coefficient (Wildman–Crippen LogP) is 5.26. The van der Waals surface area contributed by atoms with E-state index in [2.05, 4.69) is 20.9 Å². The van der Waals surface area contributed by atoms with Gasteiger partial charge in [0.2, 0.25) is 0 Å². The summed E-state index contributed by atoms with van der Waals surface area (Å²) in [6.07, 6.45) is 2.21. The molecule has 1 unspecified atom stereocenters. The van der Waals surface area contributed by atoms with E-state index in [-0.39, 0.29) is 5.91 Å². The second-order valence-electron chi connectivity index (χ2n) is 8.06. The van der Waals surface area contributed by atoms with Gasteiger partial charge in [0.05, 0.1) is 0 Å². The van der Waals surface area contributed by atoms with Crippen molar-refractivity contribution in [1.29, 1.82) is 5.41 Å². The Morgan fingerprint density at radius 2 is 1.41 bits per heavy atom. The van der Waals surface area contributed by atoms with Crippen molar-refractivity contribution in [2.75, 3.05) is 23.7 Å². The minimum absolute atomic E-state index is 0.375.